The summed E-state index contributed by atoms with van der Waals surface area (Å²) in [4.78, 5) is 45.8. The lowest BCUT2D eigenvalue weighted by molar-refractivity contribution is -0.125. The number of carbonyl (C=O) groups is 3. The van der Waals surface area contributed by atoms with Crippen LogP contribution in [0.4, 0.5) is 10.7 Å². The highest BCUT2D eigenvalue weighted by atomic mass is 32.2. The zero-order valence-electron chi connectivity index (χ0n) is 14.0. The monoisotopic (exact) mass is 377 g/mol. The van der Waals surface area contributed by atoms with E-state index < -0.39 is 11.1 Å². The standard InChI is InChI=1S/C16H19N5O4S/c22-8-5-17-13(23)10-2-6-21(7-3-10)15-18-4-1-11(19-15)9-12-14(24)20-16(25)26-12/h1,4,9-10,22H,2-3,5-8H2,(H,17,23)(H,20,24,25)/b12-9+. The van der Waals surface area contributed by atoms with Crippen LogP contribution in [0.15, 0.2) is 17.2 Å². The number of nitrogens with one attached hydrogen (secondary N) is 2. The average Bonchev–Trinajstić information content (AvgIpc) is 2.97. The van der Waals surface area contributed by atoms with Gasteiger partial charge in [0.25, 0.3) is 11.1 Å². The molecule has 26 heavy (non-hydrogen) atoms. The average molecular weight is 377 g/mol. The molecule has 9 nitrogen and oxygen atoms in total. The first-order valence-corrected chi connectivity index (χ1v) is 9.10. The van der Waals surface area contributed by atoms with E-state index in [0.717, 1.165) is 11.8 Å². The highest BCUT2D eigenvalue weighted by Gasteiger charge is 2.27. The van der Waals surface area contributed by atoms with E-state index in [0.29, 0.717) is 42.5 Å². The van der Waals surface area contributed by atoms with Crippen LogP contribution in [0.2, 0.25) is 0 Å². The van der Waals surface area contributed by atoms with Crippen LogP contribution >= 0.6 is 11.8 Å². The van der Waals surface area contributed by atoms with E-state index in [1.54, 1.807) is 18.3 Å². The summed E-state index contributed by atoms with van der Waals surface area (Å²) < 4.78 is 0. The van der Waals surface area contributed by atoms with Crippen molar-refractivity contribution in [1.29, 1.82) is 0 Å². The highest BCUT2D eigenvalue weighted by Crippen LogP contribution is 2.26. The fraction of sp³-hybridized carbons (Fsp3) is 0.438. The molecule has 138 valence electrons. The Bertz CT molecular complexity index is 746. The second-order valence-corrected chi connectivity index (χ2v) is 6.92. The SMILES string of the molecule is O=C1NC(=O)/C(=C\c2ccnc(N3CCC(C(=O)NCCO)CC3)n2)S1. The van der Waals surface area contributed by atoms with Gasteiger partial charge in [0, 0.05) is 31.7 Å². The van der Waals surface area contributed by atoms with Crippen molar-refractivity contribution in [1.82, 2.24) is 20.6 Å². The largest absolute Gasteiger partial charge is 0.395 e. The van der Waals surface area contributed by atoms with Crippen LogP contribution in [0.1, 0.15) is 18.5 Å². The fourth-order valence-electron chi connectivity index (χ4n) is 2.82. The van der Waals surface area contributed by atoms with Gasteiger partial charge in [-0.15, -0.1) is 0 Å². The van der Waals surface area contributed by atoms with Gasteiger partial charge in [-0.2, -0.15) is 0 Å². The number of thioether (sulfide) groups is 1. The van der Waals surface area contributed by atoms with Gasteiger partial charge in [0.15, 0.2) is 0 Å². The van der Waals surface area contributed by atoms with Crippen molar-refractivity contribution in [2.24, 2.45) is 5.92 Å². The zero-order valence-corrected chi connectivity index (χ0v) is 14.8. The second-order valence-electron chi connectivity index (χ2n) is 5.91. The fourth-order valence-corrected chi connectivity index (χ4v) is 3.48. The molecular weight excluding hydrogens is 358 g/mol. The number of piperidine rings is 1. The van der Waals surface area contributed by atoms with Gasteiger partial charge in [0.05, 0.1) is 17.2 Å². The Labute approximate surface area is 154 Å². The lowest BCUT2D eigenvalue weighted by Gasteiger charge is -2.31. The Morgan fingerprint density at radius 3 is 2.85 bits per heavy atom. The third kappa shape index (κ3) is 4.38. The normalized spacial score (nSPS) is 19.7. The molecule has 1 aromatic rings. The Morgan fingerprint density at radius 1 is 1.42 bits per heavy atom. The van der Waals surface area contributed by atoms with Crippen molar-refractivity contribution < 1.29 is 19.5 Å². The number of rotatable bonds is 5. The molecule has 0 bridgehead atoms. The molecule has 2 aliphatic heterocycles. The Balaban J connectivity index is 1.63. The molecule has 10 heteroatoms. The first-order valence-electron chi connectivity index (χ1n) is 8.28. The Kier molecular flexibility index (Phi) is 5.84. The summed E-state index contributed by atoms with van der Waals surface area (Å²) in [5.41, 5.74) is 0.546. The van der Waals surface area contributed by atoms with Gasteiger partial charge in [-0.25, -0.2) is 9.97 Å². The maximum absolute atomic E-state index is 12.0. The van der Waals surface area contributed by atoms with E-state index in [2.05, 4.69) is 20.6 Å². The molecule has 2 fully saturated rings. The Hall–Kier alpha value is -2.46. The molecule has 0 saturated carbocycles. The van der Waals surface area contributed by atoms with Crippen LogP contribution < -0.4 is 15.5 Å². The number of anilines is 1. The number of nitrogens with zero attached hydrogens (tertiary/aromatic N) is 3. The third-order valence-corrected chi connectivity index (χ3v) is 4.96. The van der Waals surface area contributed by atoms with Crippen LogP contribution in [0.25, 0.3) is 6.08 Å². The molecule has 0 atom stereocenters. The molecule has 3 amide bonds. The van der Waals surface area contributed by atoms with Crippen molar-refractivity contribution in [3.8, 4) is 0 Å². The maximum atomic E-state index is 12.0. The minimum atomic E-state index is -0.421. The first-order chi connectivity index (χ1) is 12.6. The molecule has 0 aliphatic carbocycles. The third-order valence-electron chi connectivity index (χ3n) is 4.15. The van der Waals surface area contributed by atoms with Crippen LogP contribution in [-0.2, 0) is 9.59 Å². The number of aliphatic hydroxyl groups excluding tert-OH is 1. The van der Waals surface area contributed by atoms with E-state index in [4.69, 9.17) is 5.11 Å². The molecule has 0 spiro atoms. The molecule has 1 aromatic heterocycles. The summed E-state index contributed by atoms with van der Waals surface area (Å²) >= 11 is 0.845. The van der Waals surface area contributed by atoms with Gasteiger partial charge in [0.1, 0.15) is 0 Å². The number of hydrogen-bond acceptors (Lipinski definition) is 8. The number of hydrogen-bond donors (Lipinski definition) is 3. The smallest absolute Gasteiger partial charge is 0.290 e. The summed E-state index contributed by atoms with van der Waals surface area (Å²) in [6.45, 7) is 1.49. The van der Waals surface area contributed by atoms with Crippen molar-refractivity contribution >= 4 is 40.8 Å². The molecule has 3 N–H and O–H groups in total. The topological polar surface area (TPSA) is 125 Å². The minimum absolute atomic E-state index is 0.0351. The van der Waals surface area contributed by atoms with Crippen molar-refractivity contribution in [2.45, 2.75) is 12.8 Å². The minimum Gasteiger partial charge on any atom is -0.395 e. The molecule has 3 heterocycles. The van der Waals surface area contributed by atoms with Crippen LogP contribution in [-0.4, -0.2) is 58.4 Å². The Morgan fingerprint density at radius 2 is 2.19 bits per heavy atom. The molecule has 0 unspecified atom stereocenters. The molecule has 0 radical (unpaired) electrons. The summed E-state index contributed by atoms with van der Waals surface area (Å²) in [7, 11) is 0. The van der Waals surface area contributed by atoms with E-state index in [1.165, 1.54) is 0 Å². The number of carbonyl (C=O) groups excluding carboxylic acids is 3. The molecule has 2 saturated heterocycles. The summed E-state index contributed by atoms with van der Waals surface area (Å²) in [5.74, 6) is -0.00194. The lowest BCUT2D eigenvalue weighted by Crippen LogP contribution is -2.41. The number of aromatic nitrogens is 2. The van der Waals surface area contributed by atoms with E-state index in [1.807, 2.05) is 4.90 Å². The van der Waals surface area contributed by atoms with E-state index in [9.17, 15) is 14.4 Å². The predicted molar refractivity (Wildman–Crippen MR) is 96.2 cm³/mol. The second kappa shape index (κ2) is 8.28. The highest BCUT2D eigenvalue weighted by molar-refractivity contribution is 8.18. The van der Waals surface area contributed by atoms with Gasteiger partial charge < -0.3 is 15.3 Å². The van der Waals surface area contributed by atoms with Crippen molar-refractivity contribution in [3.05, 3.63) is 22.9 Å². The van der Waals surface area contributed by atoms with Crippen molar-refractivity contribution in [2.75, 3.05) is 31.1 Å². The predicted octanol–water partition coefficient (Wildman–Crippen LogP) is 0.125. The van der Waals surface area contributed by atoms with E-state index >= 15 is 0 Å². The van der Waals surface area contributed by atoms with Gasteiger partial charge >= 0.3 is 0 Å². The van der Waals surface area contributed by atoms with Crippen molar-refractivity contribution in [3.63, 3.8) is 0 Å². The zero-order chi connectivity index (χ0) is 18.5. The van der Waals surface area contributed by atoms with Crippen LogP contribution in [0.3, 0.4) is 0 Å². The molecule has 0 aromatic carbocycles. The van der Waals surface area contributed by atoms with E-state index in [-0.39, 0.29) is 25.0 Å². The van der Waals surface area contributed by atoms with Gasteiger partial charge in [-0.3, -0.25) is 19.7 Å². The number of aliphatic hydroxyl groups is 1. The summed E-state index contributed by atoms with van der Waals surface area (Å²) in [6.07, 6.45) is 4.52. The maximum Gasteiger partial charge on any atom is 0.290 e. The lowest BCUT2D eigenvalue weighted by atomic mass is 9.96. The van der Waals surface area contributed by atoms with Gasteiger partial charge in [0.2, 0.25) is 11.9 Å². The first kappa shape index (κ1) is 18.3. The summed E-state index contributed by atoms with van der Waals surface area (Å²) in [6, 6.07) is 1.67. The summed E-state index contributed by atoms with van der Waals surface area (Å²) in [5, 5.41) is 13.3. The van der Waals surface area contributed by atoms with Crippen LogP contribution in [0.5, 0.6) is 0 Å². The molecule has 2 aliphatic rings. The van der Waals surface area contributed by atoms with Crippen LogP contribution in [0, 0.1) is 5.92 Å². The number of imide groups is 1. The van der Waals surface area contributed by atoms with Gasteiger partial charge in [-0.05, 0) is 36.7 Å². The molecule has 3 rings (SSSR count). The molecular formula is C16H19N5O4S. The van der Waals surface area contributed by atoms with Gasteiger partial charge in [-0.1, -0.05) is 0 Å². The number of amides is 3. The quantitative estimate of drug-likeness (QED) is 0.618.